The number of allylic oxidation sites excluding steroid dienone is 15. The molecular formula is C61H108N2O7P+. The quantitative estimate of drug-likeness (QED) is 0.0205. The maximum absolute atomic E-state index is 13.5. The maximum Gasteiger partial charge on any atom is 0.472 e. The minimum atomic E-state index is -4.46. The average Bonchev–Trinajstić information content (AvgIpc) is 3.33. The Morgan fingerprint density at radius 1 is 0.507 bits per heavy atom. The summed E-state index contributed by atoms with van der Waals surface area (Å²) in [5.41, 5.74) is 0. The van der Waals surface area contributed by atoms with Gasteiger partial charge in [-0.25, -0.2) is 4.57 Å². The van der Waals surface area contributed by atoms with Gasteiger partial charge >= 0.3 is 13.8 Å². The fourth-order valence-electron chi connectivity index (χ4n) is 7.58. The molecule has 1 amide bonds. The molecule has 0 saturated heterocycles. The molecule has 3 unspecified atom stereocenters. The first-order chi connectivity index (χ1) is 34.4. The zero-order valence-corrected chi connectivity index (χ0v) is 47.3. The second-order valence-electron chi connectivity index (χ2n) is 20.1. The van der Waals surface area contributed by atoms with E-state index in [1.165, 1.54) is 83.5 Å². The summed E-state index contributed by atoms with van der Waals surface area (Å²) < 4.78 is 30.5. The predicted molar refractivity (Wildman–Crippen MR) is 304 cm³/mol. The monoisotopic (exact) mass is 1010 g/mol. The van der Waals surface area contributed by atoms with E-state index in [1.807, 2.05) is 33.3 Å². The zero-order valence-electron chi connectivity index (χ0n) is 46.4. The molecule has 10 heteroatoms. The summed E-state index contributed by atoms with van der Waals surface area (Å²) in [5, 5.41) is 3.01. The number of phosphoric acid groups is 1. The topological polar surface area (TPSA) is 111 Å². The van der Waals surface area contributed by atoms with Gasteiger partial charge in [-0.3, -0.25) is 18.6 Å². The van der Waals surface area contributed by atoms with Crippen LogP contribution in [0.25, 0.3) is 0 Å². The summed E-state index contributed by atoms with van der Waals surface area (Å²) in [6.07, 6.45) is 67.0. The van der Waals surface area contributed by atoms with Crippen LogP contribution in [0.3, 0.4) is 0 Å². The number of esters is 1. The summed E-state index contributed by atoms with van der Waals surface area (Å²) in [4.78, 5) is 37.5. The van der Waals surface area contributed by atoms with Gasteiger partial charge in [-0.15, -0.1) is 0 Å². The number of carbonyl (C=O) groups is 2. The van der Waals surface area contributed by atoms with Crippen molar-refractivity contribution in [3.05, 3.63) is 97.2 Å². The fourth-order valence-corrected chi connectivity index (χ4v) is 8.32. The van der Waals surface area contributed by atoms with Gasteiger partial charge in [0.05, 0.1) is 33.8 Å². The van der Waals surface area contributed by atoms with E-state index in [2.05, 4.69) is 111 Å². The van der Waals surface area contributed by atoms with Crippen molar-refractivity contribution in [1.82, 2.24) is 5.32 Å². The van der Waals surface area contributed by atoms with Gasteiger partial charge in [0.25, 0.3) is 0 Å². The average molecular weight is 1010 g/mol. The lowest BCUT2D eigenvalue weighted by molar-refractivity contribution is -0.870. The van der Waals surface area contributed by atoms with Gasteiger partial charge in [0.1, 0.15) is 19.3 Å². The van der Waals surface area contributed by atoms with Crippen LogP contribution in [0.2, 0.25) is 0 Å². The summed E-state index contributed by atoms with van der Waals surface area (Å²) in [7, 11) is 1.45. The van der Waals surface area contributed by atoms with Crippen LogP contribution in [0.5, 0.6) is 0 Å². The molecule has 408 valence electrons. The number of nitrogens with one attached hydrogen (secondary N) is 1. The minimum Gasteiger partial charge on any atom is -0.456 e. The lowest BCUT2D eigenvalue weighted by Gasteiger charge is -2.27. The highest BCUT2D eigenvalue weighted by atomic mass is 31.2. The number of carbonyl (C=O) groups excluding carboxylic acids is 2. The molecule has 0 bridgehead atoms. The largest absolute Gasteiger partial charge is 0.472 e. The molecular weight excluding hydrogens is 904 g/mol. The molecule has 9 nitrogen and oxygen atoms in total. The number of nitrogens with zero attached hydrogens (tertiary/aromatic N) is 1. The zero-order chi connectivity index (χ0) is 52.2. The Kier molecular flexibility index (Phi) is 48.3. The van der Waals surface area contributed by atoms with E-state index in [-0.39, 0.29) is 37.9 Å². The van der Waals surface area contributed by atoms with Crippen LogP contribution >= 0.6 is 7.82 Å². The lowest BCUT2D eigenvalue weighted by Crippen LogP contribution is -2.47. The number of hydrogen-bond donors (Lipinski definition) is 2. The van der Waals surface area contributed by atoms with E-state index in [9.17, 15) is 19.0 Å². The maximum atomic E-state index is 13.5. The van der Waals surface area contributed by atoms with Crippen molar-refractivity contribution in [1.29, 1.82) is 0 Å². The molecule has 0 spiro atoms. The highest BCUT2D eigenvalue weighted by Gasteiger charge is 2.30. The second-order valence-corrected chi connectivity index (χ2v) is 21.5. The number of phosphoric ester groups is 1. The number of hydrogen-bond acceptors (Lipinski definition) is 6. The van der Waals surface area contributed by atoms with Gasteiger partial charge in [0, 0.05) is 12.8 Å². The van der Waals surface area contributed by atoms with Gasteiger partial charge in [-0.2, -0.15) is 0 Å². The summed E-state index contributed by atoms with van der Waals surface area (Å²) in [6.45, 7) is 6.82. The molecule has 0 aliphatic carbocycles. The fraction of sp³-hybridized carbons (Fsp3) is 0.705. The van der Waals surface area contributed by atoms with Gasteiger partial charge < -0.3 is 19.4 Å². The Morgan fingerprint density at radius 2 is 0.901 bits per heavy atom. The second kappa shape index (κ2) is 50.5. The first kappa shape index (κ1) is 67.9. The SMILES string of the molecule is CC/C=C\C/C=C\C/C=C\C/C=C\C/C=C\C/C=C\CCCCC(=O)NC(COP(=O)(O)OCC[N+](C)(C)C)C(/C=C\CCCCCCCCCCC)OC(=O)CCCCC/C=C\CCCCCCCC. The highest BCUT2D eigenvalue weighted by Crippen LogP contribution is 2.43. The predicted octanol–water partition coefficient (Wildman–Crippen LogP) is 17.2. The highest BCUT2D eigenvalue weighted by molar-refractivity contribution is 7.47. The van der Waals surface area contributed by atoms with E-state index in [1.54, 1.807) is 0 Å². The van der Waals surface area contributed by atoms with Crippen molar-refractivity contribution in [3.8, 4) is 0 Å². The molecule has 0 aromatic heterocycles. The number of unbranched alkanes of at least 4 members (excludes halogenated alkanes) is 20. The molecule has 3 atom stereocenters. The molecule has 0 rings (SSSR count). The van der Waals surface area contributed by atoms with Crippen LogP contribution < -0.4 is 5.32 Å². The van der Waals surface area contributed by atoms with Crippen molar-refractivity contribution >= 4 is 19.7 Å². The van der Waals surface area contributed by atoms with E-state index >= 15 is 0 Å². The molecule has 0 aromatic rings. The third kappa shape index (κ3) is 51.6. The minimum absolute atomic E-state index is 0.0248. The van der Waals surface area contributed by atoms with Gasteiger partial charge in [-0.1, -0.05) is 202 Å². The Bertz CT molecular complexity index is 1540. The summed E-state index contributed by atoms with van der Waals surface area (Å²) in [5.74, 6) is -0.582. The van der Waals surface area contributed by atoms with Crippen molar-refractivity contribution in [3.63, 3.8) is 0 Å². The van der Waals surface area contributed by atoms with Crippen LogP contribution in [-0.2, 0) is 27.9 Å². The summed E-state index contributed by atoms with van der Waals surface area (Å²) in [6, 6.07) is -0.881. The van der Waals surface area contributed by atoms with Gasteiger partial charge in [-0.05, 0) is 109 Å². The Balaban J connectivity index is 5.40. The van der Waals surface area contributed by atoms with Crippen molar-refractivity contribution in [2.24, 2.45) is 0 Å². The Hall–Kier alpha value is -3.07. The van der Waals surface area contributed by atoms with Crippen molar-refractivity contribution in [2.75, 3.05) is 40.9 Å². The third-order valence-electron chi connectivity index (χ3n) is 12.0. The van der Waals surface area contributed by atoms with Crippen molar-refractivity contribution in [2.45, 2.75) is 238 Å². The standard InChI is InChI=1S/C61H107N2O7P/c1-7-10-13-16-19-22-25-27-28-29-30-31-32-33-34-36-38-41-44-47-50-53-60(64)62-58(57-69-71(66,67)68-56-55-63(4,5)6)59(52-49-46-43-40-37-24-21-18-15-12-9-3)70-61(65)54-51-48-45-42-39-35-26-23-20-17-14-11-8-2/h10,13,19,22,27-28,30-31,33-35,38-39,41,49,52,58-59H,7-9,11-12,14-18,20-21,23-26,29,32,36-37,40,42-48,50-51,53-57H2,1-6H3,(H-,62,64,66,67)/p+1/b13-10-,22-19-,28-27-,31-30-,34-33-,39-35-,41-38-,52-49-. The van der Waals surface area contributed by atoms with Crippen LogP contribution in [0, 0.1) is 0 Å². The van der Waals surface area contributed by atoms with E-state index < -0.39 is 20.0 Å². The molecule has 0 heterocycles. The van der Waals surface area contributed by atoms with Crippen LogP contribution in [-0.4, -0.2) is 74.3 Å². The molecule has 2 N–H and O–H groups in total. The van der Waals surface area contributed by atoms with E-state index in [0.29, 0.717) is 23.9 Å². The first-order valence-electron chi connectivity index (χ1n) is 28.6. The van der Waals surface area contributed by atoms with Crippen LogP contribution in [0.1, 0.15) is 226 Å². The molecule has 0 aliphatic rings. The number of rotatable bonds is 50. The first-order valence-corrected chi connectivity index (χ1v) is 30.1. The van der Waals surface area contributed by atoms with Gasteiger partial charge in [0.15, 0.2) is 0 Å². The smallest absolute Gasteiger partial charge is 0.456 e. The summed E-state index contributed by atoms with van der Waals surface area (Å²) >= 11 is 0. The molecule has 0 fully saturated rings. The van der Waals surface area contributed by atoms with Crippen LogP contribution in [0.4, 0.5) is 0 Å². The number of ether oxygens (including phenoxy) is 1. The third-order valence-corrected chi connectivity index (χ3v) is 13.0. The van der Waals surface area contributed by atoms with Crippen molar-refractivity contribution < 1.29 is 37.3 Å². The normalized spacial score (nSPS) is 14.5. The number of likely N-dealkylation sites (N-methyl/N-ethyl adjacent to an activating group) is 1. The van der Waals surface area contributed by atoms with Crippen LogP contribution in [0.15, 0.2) is 97.2 Å². The molecule has 0 aliphatic heterocycles. The number of amides is 1. The molecule has 0 radical (unpaired) electrons. The molecule has 0 saturated carbocycles. The Morgan fingerprint density at radius 3 is 1.38 bits per heavy atom. The lowest BCUT2D eigenvalue weighted by atomic mass is 10.1. The Labute approximate surface area is 437 Å². The number of quaternary nitrogens is 1. The molecule has 71 heavy (non-hydrogen) atoms. The van der Waals surface area contributed by atoms with E-state index in [0.717, 1.165) is 96.3 Å². The van der Waals surface area contributed by atoms with Gasteiger partial charge in [0.2, 0.25) is 5.91 Å². The van der Waals surface area contributed by atoms with E-state index in [4.69, 9.17) is 13.8 Å². The molecule has 0 aromatic carbocycles.